The fourth-order valence-corrected chi connectivity index (χ4v) is 2.50. The highest BCUT2D eigenvalue weighted by Gasteiger charge is 2.27. The van der Waals surface area contributed by atoms with Crippen LogP contribution in [0.5, 0.6) is 0 Å². The summed E-state index contributed by atoms with van der Waals surface area (Å²) < 4.78 is 0. The molecule has 1 atom stereocenters. The molecule has 0 saturated carbocycles. The molecule has 1 rings (SSSR count). The van der Waals surface area contributed by atoms with Gasteiger partial charge in [-0.15, -0.1) is 0 Å². The average Bonchev–Trinajstić information content (AvgIpc) is 2.71. The number of rotatable bonds is 6. The van der Waals surface area contributed by atoms with Gasteiger partial charge >= 0.3 is 0 Å². The topological polar surface area (TPSA) is 99.4 Å². The summed E-state index contributed by atoms with van der Waals surface area (Å²) in [4.78, 5) is 28.8. The standard InChI is InChI=1S/C15H25N3O3/c1-6-11-12(14(16)20)10(5)17-13(11)15(21)18(8(2)3)7-9(4)19/h8-9,17,19H,6-7H2,1-5H3,(H2,16,20). The van der Waals surface area contributed by atoms with Gasteiger partial charge in [-0.3, -0.25) is 9.59 Å². The molecule has 0 aliphatic rings. The van der Waals surface area contributed by atoms with Crippen molar-refractivity contribution in [2.45, 2.75) is 53.2 Å². The SMILES string of the molecule is CCc1c(C(=O)N(CC(C)O)C(C)C)[nH]c(C)c1C(N)=O. The number of carbonyl (C=O) groups excluding carboxylic acids is 2. The van der Waals surface area contributed by atoms with E-state index in [2.05, 4.69) is 4.98 Å². The van der Waals surface area contributed by atoms with E-state index in [1.54, 1.807) is 18.7 Å². The van der Waals surface area contributed by atoms with Crippen molar-refractivity contribution in [3.05, 3.63) is 22.5 Å². The fourth-order valence-electron chi connectivity index (χ4n) is 2.50. The van der Waals surface area contributed by atoms with Crippen LogP contribution >= 0.6 is 0 Å². The third kappa shape index (κ3) is 3.64. The summed E-state index contributed by atoms with van der Waals surface area (Å²) in [6.45, 7) is 9.25. The van der Waals surface area contributed by atoms with Gasteiger partial charge in [0, 0.05) is 18.3 Å². The Morgan fingerprint density at radius 2 is 1.90 bits per heavy atom. The maximum atomic E-state index is 12.7. The van der Waals surface area contributed by atoms with Crippen molar-refractivity contribution in [2.24, 2.45) is 5.73 Å². The van der Waals surface area contributed by atoms with Crippen LogP contribution in [-0.4, -0.2) is 45.5 Å². The second kappa shape index (κ2) is 6.76. The number of aromatic amines is 1. The van der Waals surface area contributed by atoms with Gasteiger partial charge in [-0.05, 0) is 39.7 Å². The first-order valence-electron chi connectivity index (χ1n) is 7.20. The lowest BCUT2D eigenvalue weighted by molar-refractivity contribution is 0.0572. The third-order valence-electron chi connectivity index (χ3n) is 3.45. The van der Waals surface area contributed by atoms with E-state index in [0.717, 1.165) is 0 Å². The molecule has 118 valence electrons. The number of aliphatic hydroxyl groups is 1. The Morgan fingerprint density at radius 1 is 1.33 bits per heavy atom. The molecule has 6 heteroatoms. The van der Waals surface area contributed by atoms with E-state index in [4.69, 9.17) is 5.73 Å². The second-order valence-corrected chi connectivity index (χ2v) is 5.60. The number of amides is 2. The van der Waals surface area contributed by atoms with E-state index >= 15 is 0 Å². The first kappa shape index (κ1) is 17.2. The van der Waals surface area contributed by atoms with Crippen LogP contribution in [0.4, 0.5) is 0 Å². The van der Waals surface area contributed by atoms with Crippen molar-refractivity contribution in [2.75, 3.05) is 6.54 Å². The van der Waals surface area contributed by atoms with Gasteiger partial charge in [-0.1, -0.05) is 6.92 Å². The summed E-state index contributed by atoms with van der Waals surface area (Å²) in [5, 5.41) is 9.56. The summed E-state index contributed by atoms with van der Waals surface area (Å²) in [5.41, 5.74) is 7.42. The van der Waals surface area contributed by atoms with E-state index in [1.807, 2.05) is 20.8 Å². The number of aryl methyl sites for hydroxylation is 1. The zero-order chi connectivity index (χ0) is 16.3. The number of nitrogens with one attached hydrogen (secondary N) is 1. The van der Waals surface area contributed by atoms with Gasteiger partial charge in [0.15, 0.2) is 0 Å². The molecule has 0 fully saturated rings. The van der Waals surface area contributed by atoms with E-state index in [0.29, 0.717) is 28.9 Å². The number of nitrogens with two attached hydrogens (primary N) is 1. The van der Waals surface area contributed by atoms with Crippen LogP contribution in [0, 0.1) is 6.92 Å². The second-order valence-electron chi connectivity index (χ2n) is 5.60. The number of aliphatic hydroxyl groups excluding tert-OH is 1. The molecule has 21 heavy (non-hydrogen) atoms. The average molecular weight is 295 g/mol. The molecule has 1 unspecified atom stereocenters. The van der Waals surface area contributed by atoms with Gasteiger partial charge in [0.2, 0.25) is 0 Å². The van der Waals surface area contributed by atoms with Gasteiger partial charge in [-0.2, -0.15) is 0 Å². The molecule has 1 heterocycles. The highest BCUT2D eigenvalue weighted by atomic mass is 16.3. The maximum absolute atomic E-state index is 12.7. The Bertz CT molecular complexity index is 533. The molecule has 4 N–H and O–H groups in total. The number of nitrogens with zero attached hydrogens (tertiary/aromatic N) is 1. The van der Waals surface area contributed by atoms with Gasteiger partial charge in [0.25, 0.3) is 11.8 Å². The largest absolute Gasteiger partial charge is 0.392 e. The Kier molecular flexibility index (Phi) is 5.54. The van der Waals surface area contributed by atoms with Crippen LogP contribution in [0.3, 0.4) is 0 Å². The lowest BCUT2D eigenvalue weighted by Crippen LogP contribution is -2.41. The molecule has 0 saturated heterocycles. The van der Waals surface area contributed by atoms with Crippen LogP contribution < -0.4 is 5.73 Å². The molecule has 1 aromatic heterocycles. The van der Waals surface area contributed by atoms with Crippen molar-refractivity contribution in [1.82, 2.24) is 9.88 Å². The van der Waals surface area contributed by atoms with Crippen LogP contribution in [0.15, 0.2) is 0 Å². The normalized spacial score (nSPS) is 12.5. The van der Waals surface area contributed by atoms with E-state index in [1.165, 1.54) is 0 Å². The fraction of sp³-hybridized carbons (Fsp3) is 0.600. The lowest BCUT2D eigenvalue weighted by Gasteiger charge is -2.28. The molecule has 0 radical (unpaired) electrons. The zero-order valence-electron chi connectivity index (χ0n) is 13.4. The Hall–Kier alpha value is -1.82. The van der Waals surface area contributed by atoms with Crippen molar-refractivity contribution >= 4 is 11.8 Å². The van der Waals surface area contributed by atoms with Crippen LogP contribution in [0.25, 0.3) is 0 Å². The third-order valence-corrected chi connectivity index (χ3v) is 3.45. The van der Waals surface area contributed by atoms with E-state index < -0.39 is 12.0 Å². The van der Waals surface area contributed by atoms with Gasteiger partial charge < -0.3 is 20.7 Å². The predicted octanol–water partition coefficient (Wildman–Crippen LogP) is 1.22. The number of H-pyrrole nitrogens is 1. The van der Waals surface area contributed by atoms with Crippen molar-refractivity contribution in [3.63, 3.8) is 0 Å². The smallest absolute Gasteiger partial charge is 0.270 e. The summed E-state index contributed by atoms with van der Waals surface area (Å²) >= 11 is 0. The molecular weight excluding hydrogens is 270 g/mol. The summed E-state index contributed by atoms with van der Waals surface area (Å²) in [5.74, 6) is -0.760. The van der Waals surface area contributed by atoms with Crippen molar-refractivity contribution < 1.29 is 14.7 Å². The van der Waals surface area contributed by atoms with Crippen LogP contribution in [-0.2, 0) is 6.42 Å². The highest BCUT2D eigenvalue weighted by molar-refractivity contribution is 6.02. The van der Waals surface area contributed by atoms with E-state index in [-0.39, 0.29) is 18.5 Å². The summed E-state index contributed by atoms with van der Waals surface area (Å²) in [6, 6.07) is -0.0579. The number of hydrogen-bond donors (Lipinski definition) is 3. The Morgan fingerprint density at radius 3 is 2.29 bits per heavy atom. The monoisotopic (exact) mass is 295 g/mol. The number of primary amides is 1. The molecule has 0 spiro atoms. The van der Waals surface area contributed by atoms with Gasteiger partial charge in [-0.25, -0.2) is 0 Å². The van der Waals surface area contributed by atoms with Gasteiger partial charge in [0.05, 0.1) is 11.7 Å². The summed E-state index contributed by atoms with van der Waals surface area (Å²) in [6.07, 6.45) is -0.0855. The molecule has 6 nitrogen and oxygen atoms in total. The highest BCUT2D eigenvalue weighted by Crippen LogP contribution is 2.21. The molecule has 1 aromatic rings. The minimum atomic E-state index is -0.618. The minimum absolute atomic E-state index is 0.0579. The summed E-state index contributed by atoms with van der Waals surface area (Å²) in [7, 11) is 0. The Labute approximate surface area is 125 Å². The van der Waals surface area contributed by atoms with E-state index in [9.17, 15) is 14.7 Å². The number of hydrogen-bond acceptors (Lipinski definition) is 3. The zero-order valence-corrected chi connectivity index (χ0v) is 13.4. The first-order valence-corrected chi connectivity index (χ1v) is 7.20. The van der Waals surface area contributed by atoms with Gasteiger partial charge in [0.1, 0.15) is 5.69 Å². The van der Waals surface area contributed by atoms with Crippen molar-refractivity contribution in [3.8, 4) is 0 Å². The quantitative estimate of drug-likeness (QED) is 0.735. The first-order chi connectivity index (χ1) is 9.70. The lowest BCUT2D eigenvalue weighted by atomic mass is 10.0. The maximum Gasteiger partial charge on any atom is 0.270 e. The Balaban J connectivity index is 3.28. The molecule has 0 bridgehead atoms. The molecule has 0 aliphatic heterocycles. The number of carbonyl (C=O) groups is 2. The predicted molar refractivity (Wildman–Crippen MR) is 81.3 cm³/mol. The van der Waals surface area contributed by atoms with Crippen molar-refractivity contribution in [1.29, 1.82) is 0 Å². The number of aromatic nitrogens is 1. The van der Waals surface area contributed by atoms with Crippen LogP contribution in [0.1, 0.15) is 59.8 Å². The minimum Gasteiger partial charge on any atom is -0.392 e. The molecule has 0 aliphatic carbocycles. The molecule has 0 aromatic carbocycles. The van der Waals surface area contributed by atoms with Crippen LogP contribution in [0.2, 0.25) is 0 Å². The molecular formula is C15H25N3O3. The molecule has 2 amide bonds.